The second-order valence-corrected chi connectivity index (χ2v) is 5.68. The van der Waals surface area contributed by atoms with E-state index in [1.165, 1.54) is 12.8 Å². The molecular formula is C17H21N3O. The highest BCUT2D eigenvalue weighted by atomic mass is 16.1. The van der Waals surface area contributed by atoms with Gasteiger partial charge in [0.05, 0.1) is 5.56 Å². The van der Waals surface area contributed by atoms with Gasteiger partial charge in [0.25, 0.3) is 5.91 Å². The highest BCUT2D eigenvalue weighted by Crippen LogP contribution is 2.35. The highest BCUT2D eigenvalue weighted by molar-refractivity contribution is 6.09. The summed E-state index contributed by atoms with van der Waals surface area (Å²) < 4.78 is 0. The maximum atomic E-state index is 12.5. The van der Waals surface area contributed by atoms with E-state index in [-0.39, 0.29) is 5.91 Å². The van der Waals surface area contributed by atoms with Crippen molar-refractivity contribution in [3.8, 4) is 0 Å². The normalized spacial score (nSPS) is 20.3. The minimum absolute atomic E-state index is 0.00930. The van der Waals surface area contributed by atoms with Gasteiger partial charge in [-0.3, -0.25) is 4.79 Å². The number of nitrogens with zero attached hydrogens (tertiary/aromatic N) is 1. The number of pyridine rings is 1. The van der Waals surface area contributed by atoms with Crippen molar-refractivity contribution in [2.24, 2.45) is 5.92 Å². The Balaban J connectivity index is 1.85. The van der Waals surface area contributed by atoms with Crippen molar-refractivity contribution in [1.82, 2.24) is 10.3 Å². The lowest BCUT2D eigenvalue weighted by molar-refractivity contribution is 0.0950. The van der Waals surface area contributed by atoms with Crippen molar-refractivity contribution >= 4 is 22.5 Å². The predicted octanol–water partition coefficient (Wildman–Crippen LogP) is 3.19. The second-order valence-electron chi connectivity index (χ2n) is 5.68. The second kappa shape index (κ2) is 5.72. The molecule has 0 radical (unpaired) electrons. The van der Waals surface area contributed by atoms with Gasteiger partial charge in [-0.05, 0) is 24.1 Å². The highest BCUT2D eigenvalue weighted by Gasteiger charge is 2.37. The summed E-state index contributed by atoms with van der Waals surface area (Å²) in [5.74, 6) is 1.46. The largest absolute Gasteiger partial charge is 0.373 e. The molecule has 1 aromatic heterocycles. The lowest BCUT2D eigenvalue weighted by atomic mass is 10.1. The predicted molar refractivity (Wildman–Crippen MR) is 85.6 cm³/mol. The standard InChI is InChI=1S/C17H21N3O/c1-3-6-11-9-15(11)20-17(21)14-10-19-16(18-2)13-8-5-4-7-12(13)14/h4-5,7-8,10-11,15H,3,6,9H2,1-2H3,(H,18,19)(H,20,21). The molecule has 4 heteroatoms. The summed E-state index contributed by atoms with van der Waals surface area (Å²) >= 11 is 0. The zero-order chi connectivity index (χ0) is 14.8. The quantitative estimate of drug-likeness (QED) is 0.886. The number of amides is 1. The Morgan fingerprint density at radius 3 is 2.81 bits per heavy atom. The molecule has 0 bridgehead atoms. The van der Waals surface area contributed by atoms with Gasteiger partial charge in [-0.2, -0.15) is 0 Å². The number of aromatic nitrogens is 1. The Morgan fingerprint density at radius 2 is 2.10 bits per heavy atom. The van der Waals surface area contributed by atoms with Crippen LogP contribution < -0.4 is 10.6 Å². The van der Waals surface area contributed by atoms with Crippen molar-refractivity contribution < 1.29 is 4.79 Å². The van der Waals surface area contributed by atoms with Crippen LogP contribution in [-0.2, 0) is 0 Å². The fourth-order valence-corrected chi connectivity index (χ4v) is 2.93. The molecule has 4 nitrogen and oxygen atoms in total. The van der Waals surface area contributed by atoms with Crippen molar-refractivity contribution in [1.29, 1.82) is 0 Å². The van der Waals surface area contributed by atoms with E-state index in [0.29, 0.717) is 17.5 Å². The number of benzene rings is 1. The number of fused-ring (bicyclic) bond motifs is 1. The van der Waals surface area contributed by atoms with Crippen molar-refractivity contribution in [3.05, 3.63) is 36.0 Å². The summed E-state index contributed by atoms with van der Waals surface area (Å²) in [5.41, 5.74) is 0.659. The number of carbonyl (C=O) groups is 1. The summed E-state index contributed by atoms with van der Waals surface area (Å²) in [7, 11) is 1.84. The molecule has 1 saturated carbocycles. The molecule has 2 unspecified atom stereocenters. The SMILES string of the molecule is CCCC1CC1NC(=O)c1cnc(NC)c2ccccc12. The summed E-state index contributed by atoms with van der Waals surface area (Å²) in [4.78, 5) is 16.8. The maximum absolute atomic E-state index is 12.5. The molecule has 2 atom stereocenters. The molecule has 21 heavy (non-hydrogen) atoms. The van der Waals surface area contributed by atoms with Gasteiger partial charge in [0, 0.05) is 24.7 Å². The Bertz CT molecular complexity index is 668. The van der Waals surface area contributed by atoms with Gasteiger partial charge in [0.1, 0.15) is 5.82 Å². The van der Waals surface area contributed by atoms with Crippen LogP contribution in [0, 0.1) is 5.92 Å². The molecule has 0 saturated heterocycles. The van der Waals surface area contributed by atoms with Crippen LogP contribution in [0.3, 0.4) is 0 Å². The third kappa shape index (κ3) is 2.71. The Morgan fingerprint density at radius 1 is 1.33 bits per heavy atom. The van der Waals surface area contributed by atoms with Crippen LogP contribution >= 0.6 is 0 Å². The fourth-order valence-electron chi connectivity index (χ4n) is 2.93. The third-order valence-electron chi connectivity index (χ3n) is 4.18. The molecule has 1 aliphatic rings. The number of rotatable bonds is 5. The van der Waals surface area contributed by atoms with Gasteiger partial charge >= 0.3 is 0 Å². The van der Waals surface area contributed by atoms with Gasteiger partial charge < -0.3 is 10.6 Å². The van der Waals surface area contributed by atoms with E-state index in [0.717, 1.165) is 23.0 Å². The molecule has 110 valence electrons. The van der Waals surface area contributed by atoms with Crippen LogP contribution in [0.5, 0.6) is 0 Å². The molecule has 1 aromatic carbocycles. The number of carbonyl (C=O) groups excluding carboxylic acids is 1. The van der Waals surface area contributed by atoms with Gasteiger partial charge in [0.2, 0.25) is 0 Å². The van der Waals surface area contributed by atoms with E-state index in [2.05, 4.69) is 22.5 Å². The topological polar surface area (TPSA) is 54.0 Å². The minimum atomic E-state index is -0.00930. The molecule has 1 heterocycles. The molecular weight excluding hydrogens is 262 g/mol. The molecule has 0 spiro atoms. The van der Waals surface area contributed by atoms with Crippen LogP contribution in [-0.4, -0.2) is 24.0 Å². The number of nitrogens with one attached hydrogen (secondary N) is 2. The Kier molecular flexibility index (Phi) is 3.78. The molecule has 2 N–H and O–H groups in total. The zero-order valence-electron chi connectivity index (χ0n) is 12.5. The summed E-state index contributed by atoms with van der Waals surface area (Å²) in [6.07, 6.45) is 5.15. The van der Waals surface area contributed by atoms with Crippen LogP contribution in [0.15, 0.2) is 30.5 Å². The first-order valence-electron chi connectivity index (χ1n) is 7.61. The summed E-state index contributed by atoms with van der Waals surface area (Å²) in [6.45, 7) is 2.19. The number of hydrogen-bond acceptors (Lipinski definition) is 3. The molecule has 1 amide bonds. The molecule has 0 aliphatic heterocycles. The maximum Gasteiger partial charge on any atom is 0.253 e. The Hall–Kier alpha value is -2.10. The number of anilines is 1. The van der Waals surface area contributed by atoms with Gasteiger partial charge in [0.15, 0.2) is 0 Å². The van der Waals surface area contributed by atoms with Gasteiger partial charge in [-0.25, -0.2) is 4.98 Å². The average Bonchev–Trinajstić information content (AvgIpc) is 3.24. The summed E-state index contributed by atoms with van der Waals surface area (Å²) in [6, 6.07) is 8.23. The van der Waals surface area contributed by atoms with E-state index < -0.39 is 0 Å². The summed E-state index contributed by atoms with van der Waals surface area (Å²) in [5, 5.41) is 8.13. The van der Waals surface area contributed by atoms with Crippen LogP contribution in [0.1, 0.15) is 36.5 Å². The van der Waals surface area contributed by atoms with Crippen LogP contribution in [0.4, 0.5) is 5.82 Å². The van der Waals surface area contributed by atoms with Crippen molar-refractivity contribution in [2.45, 2.75) is 32.2 Å². The first-order valence-corrected chi connectivity index (χ1v) is 7.61. The first kappa shape index (κ1) is 13.9. The zero-order valence-corrected chi connectivity index (χ0v) is 12.5. The lowest BCUT2D eigenvalue weighted by Crippen LogP contribution is -2.27. The van der Waals surface area contributed by atoms with Crippen molar-refractivity contribution in [2.75, 3.05) is 12.4 Å². The van der Waals surface area contributed by atoms with Crippen LogP contribution in [0.2, 0.25) is 0 Å². The molecule has 1 fully saturated rings. The fraction of sp³-hybridized carbons (Fsp3) is 0.412. The monoisotopic (exact) mass is 283 g/mol. The molecule has 2 aromatic rings. The van der Waals surface area contributed by atoms with Gasteiger partial charge in [-0.1, -0.05) is 37.6 Å². The van der Waals surface area contributed by atoms with E-state index in [9.17, 15) is 4.79 Å². The van der Waals surface area contributed by atoms with E-state index in [1.54, 1.807) is 6.20 Å². The Labute approximate surface area is 125 Å². The first-order chi connectivity index (χ1) is 10.2. The lowest BCUT2D eigenvalue weighted by Gasteiger charge is -2.10. The van der Waals surface area contributed by atoms with E-state index in [4.69, 9.17) is 0 Å². The van der Waals surface area contributed by atoms with E-state index in [1.807, 2.05) is 31.3 Å². The third-order valence-corrected chi connectivity index (χ3v) is 4.18. The smallest absolute Gasteiger partial charge is 0.253 e. The van der Waals surface area contributed by atoms with Gasteiger partial charge in [-0.15, -0.1) is 0 Å². The average molecular weight is 283 g/mol. The minimum Gasteiger partial charge on any atom is -0.373 e. The van der Waals surface area contributed by atoms with Crippen molar-refractivity contribution in [3.63, 3.8) is 0 Å². The molecule has 1 aliphatic carbocycles. The van der Waals surface area contributed by atoms with Crippen LogP contribution in [0.25, 0.3) is 10.8 Å². The molecule has 3 rings (SSSR count). The number of hydrogen-bond donors (Lipinski definition) is 2. The van der Waals surface area contributed by atoms with E-state index >= 15 is 0 Å².